The first kappa shape index (κ1) is 26.0. The largest absolute Gasteiger partial charge is 0.497 e. The van der Waals surface area contributed by atoms with Crippen LogP contribution in [-0.2, 0) is 0 Å². The molecule has 5 rings (SSSR count). The number of nitrogens with zero attached hydrogens (tertiary/aromatic N) is 3. The van der Waals surface area contributed by atoms with Crippen molar-refractivity contribution in [2.75, 3.05) is 30.0 Å². The fraction of sp³-hybridized carbons (Fsp3) is 0.103. The van der Waals surface area contributed by atoms with Gasteiger partial charge in [-0.05, 0) is 61.0 Å². The molecule has 2 heterocycles. The summed E-state index contributed by atoms with van der Waals surface area (Å²) in [7, 11) is 1.60. The van der Waals surface area contributed by atoms with Crippen molar-refractivity contribution in [1.82, 2.24) is 19.9 Å². The highest BCUT2D eigenvalue weighted by molar-refractivity contribution is 6.07. The second-order valence-electron chi connectivity index (χ2n) is 8.68. The van der Waals surface area contributed by atoms with Crippen molar-refractivity contribution in [1.29, 1.82) is 0 Å². The summed E-state index contributed by atoms with van der Waals surface area (Å²) in [4.78, 5) is 29.5. The third-order valence-corrected chi connectivity index (χ3v) is 6.00. The summed E-state index contributed by atoms with van der Waals surface area (Å²) in [5, 5.41) is 12.6. The molecule has 0 aliphatic rings. The molecule has 3 aromatic carbocycles. The van der Waals surface area contributed by atoms with Crippen LogP contribution in [0.3, 0.4) is 0 Å². The van der Waals surface area contributed by atoms with Crippen molar-refractivity contribution in [3.63, 3.8) is 0 Å². The lowest BCUT2D eigenvalue weighted by Gasteiger charge is -2.11. The Balaban J connectivity index is 1.30. The minimum atomic E-state index is -0.427. The van der Waals surface area contributed by atoms with Gasteiger partial charge >= 0.3 is 6.03 Å². The Morgan fingerprint density at radius 2 is 1.65 bits per heavy atom. The van der Waals surface area contributed by atoms with E-state index < -0.39 is 6.03 Å². The van der Waals surface area contributed by atoms with Crippen molar-refractivity contribution >= 4 is 34.6 Å². The van der Waals surface area contributed by atoms with E-state index in [-0.39, 0.29) is 11.7 Å². The van der Waals surface area contributed by atoms with Gasteiger partial charge in [-0.25, -0.2) is 14.3 Å². The Morgan fingerprint density at radius 3 is 2.38 bits per heavy atom. The van der Waals surface area contributed by atoms with Crippen molar-refractivity contribution in [3.8, 4) is 28.4 Å². The Hall–Kier alpha value is -5.58. The van der Waals surface area contributed by atoms with Crippen LogP contribution in [-0.4, -0.2) is 40.2 Å². The molecular weight excluding hydrogens is 510 g/mol. The average Bonchev–Trinajstić information content (AvgIpc) is 3.35. The molecule has 0 saturated carbocycles. The van der Waals surface area contributed by atoms with Gasteiger partial charge in [-0.1, -0.05) is 18.2 Å². The number of ether oxygens (including phenoxy) is 2. The molecule has 0 aliphatic heterocycles. The molecule has 0 bridgehead atoms. The molecule has 0 aliphatic carbocycles. The van der Waals surface area contributed by atoms with Crippen molar-refractivity contribution in [3.05, 3.63) is 90.9 Å². The van der Waals surface area contributed by atoms with Crippen LogP contribution in [0.1, 0.15) is 17.3 Å². The van der Waals surface area contributed by atoms with Crippen LogP contribution in [0.2, 0.25) is 0 Å². The van der Waals surface area contributed by atoms with Gasteiger partial charge in [0, 0.05) is 35.7 Å². The van der Waals surface area contributed by atoms with Gasteiger partial charge in [-0.15, -0.1) is 0 Å². The number of fused-ring (bicyclic) bond motifs is 1. The number of carbonyl (C=O) groups excluding carboxylic acids is 2. The van der Waals surface area contributed by atoms with Gasteiger partial charge in [-0.2, -0.15) is 5.10 Å². The summed E-state index contributed by atoms with van der Waals surface area (Å²) in [5.41, 5.74) is 9.52. The highest BCUT2D eigenvalue weighted by Gasteiger charge is 2.21. The summed E-state index contributed by atoms with van der Waals surface area (Å²) < 4.78 is 12.6. The number of urea groups is 1. The van der Waals surface area contributed by atoms with E-state index in [0.29, 0.717) is 46.1 Å². The van der Waals surface area contributed by atoms with E-state index in [1.165, 1.54) is 10.8 Å². The maximum Gasteiger partial charge on any atom is 0.323 e. The van der Waals surface area contributed by atoms with Crippen LogP contribution in [0.4, 0.5) is 22.0 Å². The van der Waals surface area contributed by atoms with E-state index in [1.807, 2.05) is 6.92 Å². The molecule has 11 heteroatoms. The molecule has 0 unspecified atom stereocenters. The summed E-state index contributed by atoms with van der Waals surface area (Å²) in [6, 6.07) is 20.9. The second-order valence-corrected chi connectivity index (χ2v) is 8.68. The molecule has 0 atom stereocenters. The van der Waals surface area contributed by atoms with Crippen LogP contribution < -0.4 is 31.2 Å². The molecule has 0 spiro atoms. The number of hydrogen-bond donors (Lipinski definition) is 4. The number of rotatable bonds is 8. The molecule has 0 saturated heterocycles. The summed E-state index contributed by atoms with van der Waals surface area (Å²) >= 11 is 0. The summed E-state index contributed by atoms with van der Waals surface area (Å²) in [5.74, 6) is 1.94. The zero-order valence-electron chi connectivity index (χ0n) is 21.8. The standard InChI is InChI=1S/C29H27N7O4/c1-3-31-28(37)24-16-36-26(27(30)32-17-33-36)25(24)18-7-9-19(10-8-18)34-29(38)35-20-5-4-6-23(15-20)40-22-13-11-21(39-2)12-14-22/h4-17H,3H2,1-2H3,(H,31,37)(H2,30,32,33)(H2,34,35,38). The van der Waals surface area contributed by atoms with E-state index >= 15 is 0 Å². The second kappa shape index (κ2) is 11.4. The number of hydrogen-bond acceptors (Lipinski definition) is 7. The zero-order chi connectivity index (χ0) is 28.1. The molecular formula is C29H27N7O4. The molecule has 0 fully saturated rings. The number of nitrogens with two attached hydrogens (primary N) is 1. The lowest BCUT2D eigenvalue weighted by Crippen LogP contribution is -2.22. The summed E-state index contributed by atoms with van der Waals surface area (Å²) in [6.45, 7) is 2.32. The van der Waals surface area contributed by atoms with Gasteiger partial charge in [0.05, 0.1) is 12.7 Å². The topological polar surface area (TPSA) is 145 Å². The highest BCUT2D eigenvalue weighted by atomic mass is 16.5. The third-order valence-electron chi connectivity index (χ3n) is 6.00. The maximum absolute atomic E-state index is 12.8. The molecule has 3 amide bonds. The Bertz CT molecular complexity index is 1660. The van der Waals surface area contributed by atoms with Crippen LogP contribution in [0.15, 0.2) is 85.3 Å². The van der Waals surface area contributed by atoms with E-state index in [2.05, 4.69) is 26.0 Å². The molecule has 202 valence electrons. The fourth-order valence-electron chi connectivity index (χ4n) is 4.19. The van der Waals surface area contributed by atoms with Crippen LogP contribution >= 0.6 is 0 Å². The fourth-order valence-corrected chi connectivity index (χ4v) is 4.19. The number of amides is 3. The first-order chi connectivity index (χ1) is 19.4. The normalized spacial score (nSPS) is 10.7. The van der Waals surface area contributed by atoms with E-state index in [9.17, 15) is 9.59 Å². The average molecular weight is 538 g/mol. The van der Waals surface area contributed by atoms with E-state index in [1.54, 1.807) is 86.1 Å². The third kappa shape index (κ3) is 5.63. The smallest absolute Gasteiger partial charge is 0.323 e. The zero-order valence-corrected chi connectivity index (χ0v) is 21.8. The van der Waals surface area contributed by atoms with Gasteiger partial charge in [0.2, 0.25) is 0 Å². The molecule has 11 nitrogen and oxygen atoms in total. The molecule has 5 aromatic rings. The predicted molar refractivity (Wildman–Crippen MR) is 153 cm³/mol. The first-order valence-electron chi connectivity index (χ1n) is 12.5. The van der Waals surface area contributed by atoms with Crippen LogP contribution in [0.25, 0.3) is 16.6 Å². The van der Waals surface area contributed by atoms with Crippen molar-refractivity contribution in [2.45, 2.75) is 6.92 Å². The number of benzene rings is 3. The van der Waals surface area contributed by atoms with Gasteiger partial charge < -0.3 is 31.2 Å². The van der Waals surface area contributed by atoms with Gasteiger partial charge in [0.1, 0.15) is 29.1 Å². The Kier molecular flexibility index (Phi) is 7.45. The number of nitrogens with one attached hydrogen (secondary N) is 3. The number of anilines is 3. The Morgan fingerprint density at radius 1 is 0.925 bits per heavy atom. The molecule has 40 heavy (non-hydrogen) atoms. The van der Waals surface area contributed by atoms with Crippen molar-refractivity contribution < 1.29 is 19.1 Å². The van der Waals surface area contributed by atoms with Crippen LogP contribution in [0.5, 0.6) is 17.2 Å². The Labute approximate surface area is 229 Å². The van der Waals surface area contributed by atoms with Gasteiger partial charge in [0.25, 0.3) is 5.91 Å². The van der Waals surface area contributed by atoms with Crippen LogP contribution in [0, 0.1) is 0 Å². The lowest BCUT2D eigenvalue weighted by molar-refractivity contribution is 0.0956. The number of nitrogen functional groups attached to an aromatic ring is 1. The molecule has 0 radical (unpaired) electrons. The van der Waals surface area contributed by atoms with E-state index in [0.717, 1.165) is 11.3 Å². The maximum atomic E-state index is 12.8. The SMILES string of the molecule is CCNC(=O)c1cn2ncnc(N)c2c1-c1ccc(NC(=O)Nc2cccc(Oc3ccc(OC)cc3)c2)cc1. The predicted octanol–water partition coefficient (Wildman–Crippen LogP) is 5.17. The highest BCUT2D eigenvalue weighted by Crippen LogP contribution is 2.33. The van der Waals surface area contributed by atoms with Crippen molar-refractivity contribution in [2.24, 2.45) is 0 Å². The summed E-state index contributed by atoms with van der Waals surface area (Å²) in [6.07, 6.45) is 2.96. The number of methoxy groups -OCH3 is 1. The minimum Gasteiger partial charge on any atom is -0.497 e. The van der Waals surface area contributed by atoms with Gasteiger partial charge in [0.15, 0.2) is 5.82 Å². The number of aromatic nitrogens is 3. The first-order valence-corrected chi connectivity index (χ1v) is 12.5. The number of carbonyl (C=O) groups is 2. The van der Waals surface area contributed by atoms with Gasteiger partial charge in [-0.3, -0.25) is 4.79 Å². The lowest BCUT2D eigenvalue weighted by atomic mass is 10.0. The minimum absolute atomic E-state index is 0.248. The quantitative estimate of drug-likeness (QED) is 0.214. The molecule has 2 aromatic heterocycles. The molecule has 5 N–H and O–H groups in total. The van der Waals surface area contributed by atoms with E-state index in [4.69, 9.17) is 15.2 Å². The monoisotopic (exact) mass is 537 g/mol.